The van der Waals surface area contributed by atoms with Crippen LogP contribution in [0.3, 0.4) is 0 Å². The number of rotatable bonds is 5. The van der Waals surface area contributed by atoms with Crippen LogP contribution in [0.2, 0.25) is 5.02 Å². The molecule has 0 radical (unpaired) electrons. The molecule has 2 aliphatic carbocycles. The minimum absolute atomic E-state index is 0.343. The number of carbonyl (C=O) groups is 1. The Balaban J connectivity index is 1.66. The van der Waals surface area contributed by atoms with Crippen molar-refractivity contribution in [3.05, 3.63) is 29.3 Å². The van der Waals surface area contributed by atoms with Gasteiger partial charge in [-0.05, 0) is 50.3 Å². The van der Waals surface area contributed by atoms with Gasteiger partial charge in [-0.3, -0.25) is 10.1 Å². The van der Waals surface area contributed by atoms with Gasteiger partial charge in [0.15, 0.2) is 0 Å². The molecule has 2 unspecified atom stereocenters. The molecule has 1 aromatic carbocycles. The van der Waals surface area contributed by atoms with Crippen molar-refractivity contribution in [2.45, 2.75) is 53.8 Å². The molecule has 20 heavy (non-hydrogen) atoms. The molecule has 2 aliphatic rings. The summed E-state index contributed by atoms with van der Waals surface area (Å²) in [4.78, 5) is 12.8. The van der Waals surface area contributed by atoms with Crippen LogP contribution in [0.4, 0.5) is 0 Å². The summed E-state index contributed by atoms with van der Waals surface area (Å²) in [6.07, 6.45) is 4.57. The molecule has 2 atom stereocenters. The van der Waals surface area contributed by atoms with E-state index >= 15 is 0 Å². The normalized spacial score (nSPS) is 29.6. The maximum Gasteiger partial charge on any atom is 0.323 e. The fraction of sp³-hybridized carbons (Fsp3) is 0.533. The fourth-order valence-electron chi connectivity index (χ4n) is 2.84. The van der Waals surface area contributed by atoms with Crippen LogP contribution in [0.1, 0.15) is 32.1 Å². The van der Waals surface area contributed by atoms with E-state index in [0.29, 0.717) is 17.7 Å². The third kappa shape index (κ3) is 3.13. The van der Waals surface area contributed by atoms with Crippen LogP contribution >= 0.6 is 23.4 Å². The molecule has 1 aromatic rings. The van der Waals surface area contributed by atoms with Crippen LogP contribution in [0.5, 0.6) is 0 Å². The number of halogens is 1. The molecule has 2 saturated carbocycles. The zero-order valence-electron chi connectivity index (χ0n) is 11.1. The number of benzene rings is 1. The van der Waals surface area contributed by atoms with E-state index in [1.54, 1.807) is 11.8 Å². The van der Waals surface area contributed by atoms with Gasteiger partial charge in [0.1, 0.15) is 5.54 Å². The van der Waals surface area contributed by atoms with Crippen LogP contribution in [0.15, 0.2) is 29.2 Å². The van der Waals surface area contributed by atoms with Gasteiger partial charge < -0.3 is 5.11 Å². The van der Waals surface area contributed by atoms with Gasteiger partial charge in [-0.25, -0.2) is 0 Å². The summed E-state index contributed by atoms with van der Waals surface area (Å²) in [6, 6.07) is 8.19. The Kier molecular flexibility index (Phi) is 3.98. The molecule has 2 fully saturated rings. The maximum absolute atomic E-state index is 11.6. The summed E-state index contributed by atoms with van der Waals surface area (Å²) in [6.45, 7) is 0. The number of carboxylic acid groups (broad SMARTS) is 1. The van der Waals surface area contributed by atoms with Crippen molar-refractivity contribution in [2.24, 2.45) is 0 Å². The second kappa shape index (κ2) is 5.58. The van der Waals surface area contributed by atoms with Crippen molar-refractivity contribution < 1.29 is 9.90 Å². The monoisotopic (exact) mass is 311 g/mol. The van der Waals surface area contributed by atoms with Gasteiger partial charge in [0, 0.05) is 21.2 Å². The van der Waals surface area contributed by atoms with Gasteiger partial charge in [-0.15, -0.1) is 11.8 Å². The highest BCUT2D eigenvalue weighted by Crippen LogP contribution is 2.42. The molecule has 0 saturated heterocycles. The van der Waals surface area contributed by atoms with Gasteiger partial charge >= 0.3 is 5.97 Å². The summed E-state index contributed by atoms with van der Waals surface area (Å²) in [5.74, 6) is -0.696. The lowest BCUT2D eigenvalue weighted by atomic mass is 9.98. The fourth-order valence-corrected chi connectivity index (χ4v) is 4.43. The molecule has 5 heteroatoms. The summed E-state index contributed by atoms with van der Waals surface area (Å²) in [5.41, 5.74) is -0.711. The van der Waals surface area contributed by atoms with Crippen LogP contribution in [0.25, 0.3) is 0 Å². The first-order chi connectivity index (χ1) is 9.57. The molecule has 108 valence electrons. The van der Waals surface area contributed by atoms with Gasteiger partial charge in [-0.1, -0.05) is 17.7 Å². The topological polar surface area (TPSA) is 49.3 Å². The molecular formula is C15H18ClNO2S. The van der Waals surface area contributed by atoms with Gasteiger partial charge in [0.25, 0.3) is 0 Å². The summed E-state index contributed by atoms with van der Waals surface area (Å²) in [7, 11) is 0. The molecule has 0 aliphatic heterocycles. The molecule has 3 rings (SSSR count). The van der Waals surface area contributed by atoms with E-state index in [2.05, 4.69) is 5.32 Å². The van der Waals surface area contributed by atoms with Crippen molar-refractivity contribution in [1.82, 2.24) is 5.32 Å². The van der Waals surface area contributed by atoms with Crippen molar-refractivity contribution in [3.63, 3.8) is 0 Å². The van der Waals surface area contributed by atoms with Crippen molar-refractivity contribution in [1.29, 1.82) is 0 Å². The standard InChI is InChI=1S/C15H18ClNO2S/c16-10-2-1-3-12(8-10)20-13-6-7-15(9-13,14(18)19)17-11-4-5-11/h1-3,8,11,13,17H,4-7,9H2,(H,18,19). The zero-order valence-corrected chi connectivity index (χ0v) is 12.7. The minimum Gasteiger partial charge on any atom is -0.480 e. The minimum atomic E-state index is -0.711. The molecular weight excluding hydrogens is 294 g/mol. The van der Waals surface area contributed by atoms with E-state index in [0.717, 1.165) is 35.6 Å². The summed E-state index contributed by atoms with van der Waals surface area (Å²) in [5, 5.41) is 14.0. The van der Waals surface area contributed by atoms with E-state index in [1.807, 2.05) is 24.3 Å². The Labute approximate surface area is 128 Å². The number of nitrogens with one attached hydrogen (secondary N) is 1. The molecule has 0 spiro atoms. The SMILES string of the molecule is O=C(O)C1(NC2CC2)CCC(Sc2cccc(Cl)c2)C1. The van der Waals surface area contributed by atoms with Gasteiger partial charge in [0.05, 0.1) is 0 Å². The lowest BCUT2D eigenvalue weighted by Crippen LogP contribution is -2.51. The van der Waals surface area contributed by atoms with E-state index in [-0.39, 0.29) is 0 Å². The lowest BCUT2D eigenvalue weighted by Gasteiger charge is -2.26. The van der Waals surface area contributed by atoms with Crippen LogP contribution in [-0.4, -0.2) is 27.9 Å². The largest absolute Gasteiger partial charge is 0.480 e. The van der Waals surface area contributed by atoms with E-state index in [4.69, 9.17) is 11.6 Å². The molecule has 0 aromatic heterocycles. The molecule has 2 N–H and O–H groups in total. The lowest BCUT2D eigenvalue weighted by molar-refractivity contribution is -0.144. The highest BCUT2D eigenvalue weighted by molar-refractivity contribution is 8.00. The molecule has 0 amide bonds. The van der Waals surface area contributed by atoms with Gasteiger partial charge in [0.2, 0.25) is 0 Å². The van der Waals surface area contributed by atoms with Crippen LogP contribution < -0.4 is 5.32 Å². The Hall–Kier alpha value is -0.710. The van der Waals surface area contributed by atoms with Crippen LogP contribution in [0, 0.1) is 0 Å². The summed E-state index contributed by atoms with van der Waals surface area (Å²) >= 11 is 7.74. The molecule has 3 nitrogen and oxygen atoms in total. The van der Waals surface area contributed by atoms with E-state index in [1.165, 1.54) is 0 Å². The third-order valence-electron chi connectivity index (χ3n) is 4.04. The Morgan fingerprint density at radius 2 is 2.20 bits per heavy atom. The maximum atomic E-state index is 11.6. The van der Waals surface area contributed by atoms with Crippen molar-refractivity contribution in [2.75, 3.05) is 0 Å². The van der Waals surface area contributed by atoms with Crippen molar-refractivity contribution in [3.8, 4) is 0 Å². The van der Waals surface area contributed by atoms with Gasteiger partial charge in [-0.2, -0.15) is 0 Å². The summed E-state index contributed by atoms with van der Waals surface area (Å²) < 4.78 is 0. The Morgan fingerprint density at radius 3 is 2.85 bits per heavy atom. The zero-order chi connectivity index (χ0) is 14.2. The smallest absolute Gasteiger partial charge is 0.323 e. The average Bonchev–Trinajstić information content (AvgIpc) is 3.10. The highest BCUT2D eigenvalue weighted by atomic mass is 35.5. The first kappa shape index (κ1) is 14.2. The number of hydrogen-bond acceptors (Lipinski definition) is 3. The number of hydrogen-bond donors (Lipinski definition) is 2. The van der Waals surface area contributed by atoms with Crippen LogP contribution in [-0.2, 0) is 4.79 Å². The number of thioether (sulfide) groups is 1. The first-order valence-electron chi connectivity index (χ1n) is 7.01. The quantitative estimate of drug-likeness (QED) is 0.873. The predicted octanol–water partition coefficient (Wildman–Crippen LogP) is 3.56. The van der Waals surface area contributed by atoms with E-state index in [9.17, 15) is 9.90 Å². The second-order valence-electron chi connectivity index (χ2n) is 5.75. The Bertz CT molecular complexity index is 520. The highest BCUT2D eigenvalue weighted by Gasteiger charge is 2.48. The second-order valence-corrected chi connectivity index (χ2v) is 7.56. The average molecular weight is 312 g/mol. The van der Waals surface area contributed by atoms with E-state index < -0.39 is 11.5 Å². The first-order valence-corrected chi connectivity index (χ1v) is 8.26. The number of carboxylic acids is 1. The number of aliphatic carboxylic acids is 1. The molecule has 0 bridgehead atoms. The predicted molar refractivity (Wildman–Crippen MR) is 81.5 cm³/mol. The Morgan fingerprint density at radius 1 is 1.40 bits per heavy atom. The molecule has 0 heterocycles. The third-order valence-corrected chi connectivity index (χ3v) is 5.53. The van der Waals surface area contributed by atoms with Crippen molar-refractivity contribution >= 4 is 29.3 Å².